The van der Waals surface area contributed by atoms with Gasteiger partial charge in [0.05, 0.1) is 0 Å². The normalized spacial score (nSPS) is 10.7. The van der Waals surface area contributed by atoms with Crippen LogP contribution in [-0.2, 0) is 11.2 Å². The summed E-state index contributed by atoms with van der Waals surface area (Å²) < 4.78 is 0. The second-order valence-corrected chi connectivity index (χ2v) is 8.36. The van der Waals surface area contributed by atoms with Crippen LogP contribution in [0.25, 0.3) is 0 Å². The molecular formula is C23H28ClN3O2S. The van der Waals surface area contributed by atoms with Gasteiger partial charge in [0.25, 0.3) is 5.91 Å². The van der Waals surface area contributed by atoms with Crippen LogP contribution in [0.2, 0.25) is 5.02 Å². The van der Waals surface area contributed by atoms with Gasteiger partial charge in [-0.1, -0.05) is 29.8 Å². The monoisotopic (exact) mass is 445 g/mol. The zero-order valence-electron chi connectivity index (χ0n) is 17.6. The van der Waals surface area contributed by atoms with E-state index in [0.717, 1.165) is 36.2 Å². The third kappa shape index (κ3) is 8.22. The topological polar surface area (TPSA) is 61.4 Å². The average molecular weight is 446 g/mol. The molecule has 0 aliphatic carbocycles. The van der Waals surface area contributed by atoms with Crippen molar-refractivity contribution in [3.8, 4) is 0 Å². The van der Waals surface area contributed by atoms with Crippen LogP contribution in [-0.4, -0.2) is 42.3 Å². The molecule has 0 heterocycles. The first-order valence-electron chi connectivity index (χ1n) is 9.88. The van der Waals surface area contributed by atoms with Crippen molar-refractivity contribution in [1.82, 2.24) is 10.2 Å². The number of nitrogens with one attached hydrogen (secondary N) is 2. The number of rotatable bonds is 9. The molecule has 30 heavy (non-hydrogen) atoms. The SMILES string of the molecule is Cc1ccc(C(=O)NC(=S)Nc2ccc(CC(=O)CCCCN(C)C)cc2)cc1Cl. The molecule has 160 valence electrons. The van der Waals surface area contributed by atoms with E-state index in [4.69, 9.17) is 23.8 Å². The van der Waals surface area contributed by atoms with Gasteiger partial charge in [-0.2, -0.15) is 0 Å². The van der Waals surface area contributed by atoms with E-state index >= 15 is 0 Å². The quantitative estimate of drug-likeness (QED) is 0.435. The zero-order valence-corrected chi connectivity index (χ0v) is 19.2. The fourth-order valence-electron chi connectivity index (χ4n) is 2.84. The number of amides is 1. The molecule has 0 saturated heterocycles. The minimum atomic E-state index is -0.328. The Morgan fingerprint density at radius 2 is 1.77 bits per heavy atom. The smallest absolute Gasteiger partial charge is 0.257 e. The maximum absolute atomic E-state index is 12.3. The van der Waals surface area contributed by atoms with Gasteiger partial charge in [0.2, 0.25) is 0 Å². The fraction of sp³-hybridized carbons (Fsp3) is 0.348. The molecule has 7 heteroatoms. The van der Waals surface area contributed by atoms with Crippen LogP contribution < -0.4 is 10.6 Å². The largest absolute Gasteiger partial charge is 0.332 e. The molecule has 5 nitrogen and oxygen atoms in total. The first kappa shape index (κ1) is 24.0. The van der Waals surface area contributed by atoms with Crippen LogP contribution in [0.5, 0.6) is 0 Å². The first-order valence-corrected chi connectivity index (χ1v) is 10.7. The molecule has 0 aromatic heterocycles. The van der Waals surface area contributed by atoms with Gasteiger partial charge in [0, 0.05) is 29.1 Å². The van der Waals surface area contributed by atoms with Gasteiger partial charge >= 0.3 is 0 Å². The average Bonchev–Trinajstić information content (AvgIpc) is 2.68. The molecule has 0 bridgehead atoms. The Morgan fingerprint density at radius 3 is 2.40 bits per heavy atom. The minimum Gasteiger partial charge on any atom is -0.332 e. The first-order chi connectivity index (χ1) is 14.2. The van der Waals surface area contributed by atoms with E-state index in [1.165, 1.54) is 0 Å². The number of benzene rings is 2. The molecular weight excluding hydrogens is 418 g/mol. The Bertz CT molecular complexity index is 898. The van der Waals surface area contributed by atoms with Crippen molar-refractivity contribution >= 4 is 46.3 Å². The van der Waals surface area contributed by atoms with Crippen LogP contribution in [0.15, 0.2) is 42.5 Å². The number of thiocarbonyl (C=S) groups is 1. The summed E-state index contributed by atoms with van der Waals surface area (Å²) in [6, 6.07) is 12.6. The minimum absolute atomic E-state index is 0.196. The highest BCUT2D eigenvalue weighted by molar-refractivity contribution is 7.80. The molecule has 2 rings (SSSR count). The van der Waals surface area contributed by atoms with Gasteiger partial charge in [0.15, 0.2) is 5.11 Å². The molecule has 0 aliphatic heterocycles. The van der Waals surface area contributed by atoms with E-state index in [0.29, 0.717) is 23.4 Å². The fourth-order valence-corrected chi connectivity index (χ4v) is 3.24. The van der Waals surface area contributed by atoms with E-state index in [9.17, 15) is 9.59 Å². The molecule has 2 aromatic carbocycles. The Labute approximate surface area is 188 Å². The lowest BCUT2D eigenvalue weighted by Gasteiger charge is -2.11. The summed E-state index contributed by atoms with van der Waals surface area (Å²) in [6.45, 7) is 2.87. The number of halogens is 1. The van der Waals surface area contributed by atoms with Crippen molar-refractivity contribution in [3.63, 3.8) is 0 Å². The van der Waals surface area contributed by atoms with Crippen molar-refractivity contribution in [2.24, 2.45) is 0 Å². The number of unbranched alkanes of at least 4 members (excludes halogenated alkanes) is 1. The third-order valence-electron chi connectivity index (χ3n) is 4.59. The molecule has 0 fully saturated rings. The number of Topliss-reactive ketones (excluding diaryl/α,β-unsaturated/α-hetero) is 1. The summed E-state index contributed by atoms with van der Waals surface area (Å²) >= 11 is 11.3. The third-order valence-corrected chi connectivity index (χ3v) is 5.20. The number of hydrogen-bond donors (Lipinski definition) is 2. The summed E-state index contributed by atoms with van der Waals surface area (Å²) in [6.07, 6.45) is 2.97. The number of nitrogens with zero attached hydrogens (tertiary/aromatic N) is 1. The predicted octanol–water partition coefficient (Wildman–Crippen LogP) is 4.62. The van der Waals surface area contributed by atoms with Crippen molar-refractivity contribution in [2.75, 3.05) is 26.0 Å². The van der Waals surface area contributed by atoms with Crippen LogP contribution in [0.3, 0.4) is 0 Å². The highest BCUT2D eigenvalue weighted by Gasteiger charge is 2.10. The molecule has 2 N–H and O–H groups in total. The van der Waals surface area contributed by atoms with Crippen LogP contribution in [0.1, 0.15) is 40.7 Å². The Balaban J connectivity index is 1.80. The van der Waals surface area contributed by atoms with E-state index in [2.05, 4.69) is 15.5 Å². The number of carbonyl (C=O) groups excluding carboxylic acids is 2. The molecule has 1 amide bonds. The Kier molecular flexibility index (Phi) is 9.43. The molecule has 0 spiro atoms. The number of aryl methyl sites for hydroxylation is 1. The summed E-state index contributed by atoms with van der Waals surface area (Å²) in [4.78, 5) is 26.5. The summed E-state index contributed by atoms with van der Waals surface area (Å²) in [7, 11) is 4.07. The second kappa shape index (κ2) is 11.8. The molecule has 2 aromatic rings. The summed E-state index contributed by atoms with van der Waals surface area (Å²) in [5.41, 5.74) is 3.04. The molecule has 0 saturated carbocycles. The van der Waals surface area contributed by atoms with Crippen LogP contribution >= 0.6 is 23.8 Å². The molecule has 0 aliphatic rings. The molecule has 0 radical (unpaired) electrons. The Hall–Kier alpha value is -2.28. The van der Waals surface area contributed by atoms with Gasteiger partial charge in [-0.05, 0) is 88.0 Å². The summed E-state index contributed by atoms with van der Waals surface area (Å²) in [5, 5.41) is 6.35. The van der Waals surface area contributed by atoms with Crippen molar-refractivity contribution in [3.05, 3.63) is 64.2 Å². The van der Waals surface area contributed by atoms with Gasteiger partial charge in [-0.15, -0.1) is 0 Å². The lowest BCUT2D eigenvalue weighted by atomic mass is 10.0. The summed E-state index contributed by atoms with van der Waals surface area (Å²) in [5.74, 6) is -0.0834. The lowest BCUT2D eigenvalue weighted by Crippen LogP contribution is -2.34. The van der Waals surface area contributed by atoms with Gasteiger partial charge in [-0.3, -0.25) is 14.9 Å². The Morgan fingerprint density at radius 1 is 1.07 bits per heavy atom. The van der Waals surface area contributed by atoms with Crippen molar-refractivity contribution < 1.29 is 9.59 Å². The highest BCUT2D eigenvalue weighted by Crippen LogP contribution is 2.17. The van der Waals surface area contributed by atoms with Gasteiger partial charge in [0.1, 0.15) is 5.78 Å². The van der Waals surface area contributed by atoms with Crippen molar-refractivity contribution in [2.45, 2.75) is 32.6 Å². The maximum Gasteiger partial charge on any atom is 0.257 e. The van der Waals surface area contributed by atoms with Crippen molar-refractivity contribution in [1.29, 1.82) is 0 Å². The van der Waals surface area contributed by atoms with E-state index in [-0.39, 0.29) is 16.8 Å². The van der Waals surface area contributed by atoms with E-state index in [1.54, 1.807) is 18.2 Å². The number of hydrogen-bond acceptors (Lipinski definition) is 4. The zero-order chi connectivity index (χ0) is 22.1. The lowest BCUT2D eigenvalue weighted by molar-refractivity contribution is -0.118. The van der Waals surface area contributed by atoms with Crippen LogP contribution in [0, 0.1) is 6.92 Å². The number of carbonyl (C=O) groups is 2. The predicted molar refractivity (Wildman–Crippen MR) is 127 cm³/mol. The molecule has 0 atom stereocenters. The van der Waals surface area contributed by atoms with E-state index < -0.39 is 0 Å². The number of anilines is 1. The maximum atomic E-state index is 12.3. The van der Waals surface area contributed by atoms with Gasteiger partial charge < -0.3 is 10.2 Å². The molecule has 0 unspecified atom stereocenters. The second-order valence-electron chi connectivity index (χ2n) is 7.54. The highest BCUT2D eigenvalue weighted by atomic mass is 35.5. The standard InChI is InChI=1S/C23H28ClN3O2S/c1-16-7-10-18(15-21(16)24)22(29)26-23(30)25-19-11-8-17(9-12-19)14-20(28)6-4-5-13-27(2)3/h7-12,15H,4-6,13-14H2,1-3H3,(H2,25,26,29,30). The number of ketones is 1. The van der Waals surface area contributed by atoms with Crippen LogP contribution in [0.4, 0.5) is 5.69 Å². The van der Waals surface area contributed by atoms with E-state index in [1.807, 2.05) is 45.3 Å². The van der Waals surface area contributed by atoms with Gasteiger partial charge in [-0.25, -0.2) is 0 Å².